The number of ketones is 1. The van der Waals surface area contributed by atoms with Crippen molar-refractivity contribution in [2.75, 3.05) is 0 Å². The number of Topliss-reactive ketones (excluding diaryl/α,β-unsaturated/α-hetero) is 1. The summed E-state index contributed by atoms with van der Waals surface area (Å²) in [5.74, 6) is 0.206. The van der Waals surface area contributed by atoms with E-state index in [1.54, 1.807) is 37.3 Å². The summed E-state index contributed by atoms with van der Waals surface area (Å²) in [5, 5.41) is 0. The smallest absolute Gasteiger partial charge is 0.308 e. The van der Waals surface area contributed by atoms with Gasteiger partial charge in [0.2, 0.25) is 0 Å². The molecule has 0 bridgehead atoms. The summed E-state index contributed by atoms with van der Waals surface area (Å²) in [5.41, 5.74) is 1.60. The highest BCUT2D eigenvalue weighted by Crippen LogP contribution is 2.14. The lowest BCUT2D eigenvalue weighted by Crippen LogP contribution is -2.00. The molecular formula is C13H14O3. The molecule has 3 nitrogen and oxygen atoms in total. The van der Waals surface area contributed by atoms with Crippen LogP contribution in [-0.4, -0.2) is 11.8 Å². The molecule has 16 heavy (non-hydrogen) atoms. The van der Waals surface area contributed by atoms with Gasteiger partial charge in [-0.2, -0.15) is 0 Å². The van der Waals surface area contributed by atoms with Crippen LogP contribution in [0.1, 0.15) is 26.3 Å². The maximum atomic E-state index is 11.0. The lowest BCUT2D eigenvalue weighted by atomic mass is 10.1. The first-order chi connectivity index (χ1) is 7.49. The third-order valence-corrected chi connectivity index (χ3v) is 2.08. The molecule has 0 saturated carbocycles. The molecule has 0 N–H and O–H groups in total. The number of carbonyl (C=O) groups excluding carboxylic acids is 2. The molecule has 0 amide bonds. The van der Waals surface area contributed by atoms with Crippen LogP contribution in [0.15, 0.2) is 29.8 Å². The first-order valence-electron chi connectivity index (χ1n) is 4.97. The van der Waals surface area contributed by atoms with Crippen molar-refractivity contribution in [3.05, 3.63) is 35.4 Å². The molecule has 3 heteroatoms. The molecule has 0 aliphatic heterocycles. The summed E-state index contributed by atoms with van der Waals surface area (Å²) in [4.78, 5) is 21.7. The third kappa shape index (κ3) is 3.69. The van der Waals surface area contributed by atoms with E-state index in [9.17, 15) is 9.59 Å². The molecule has 1 aromatic carbocycles. The first-order valence-corrected chi connectivity index (χ1v) is 4.97. The van der Waals surface area contributed by atoms with Crippen molar-refractivity contribution < 1.29 is 14.3 Å². The molecule has 0 saturated heterocycles. The maximum Gasteiger partial charge on any atom is 0.308 e. The minimum Gasteiger partial charge on any atom is -0.427 e. The second-order valence-electron chi connectivity index (χ2n) is 3.55. The van der Waals surface area contributed by atoms with Gasteiger partial charge in [0.25, 0.3) is 0 Å². The highest BCUT2D eigenvalue weighted by atomic mass is 16.5. The summed E-state index contributed by atoms with van der Waals surface area (Å²) in [6.07, 6.45) is 1.79. The van der Waals surface area contributed by atoms with E-state index in [1.165, 1.54) is 13.8 Å². The summed E-state index contributed by atoms with van der Waals surface area (Å²) < 4.78 is 4.90. The Kier molecular flexibility index (Phi) is 4.00. The number of benzene rings is 1. The van der Waals surface area contributed by atoms with Crippen molar-refractivity contribution >= 4 is 17.8 Å². The van der Waals surface area contributed by atoms with E-state index in [1.807, 2.05) is 0 Å². The van der Waals surface area contributed by atoms with E-state index in [0.717, 1.165) is 5.56 Å². The van der Waals surface area contributed by atoms with E-state index in [4.69, 9.17) is 4.74 Å². The standard InChI is InChI=1S/C13H14O3/c1-9(10(2)14)8-12-4-6-13(7-5-12)16-11(3)15/h4-8H,1-3H3/b9-8-. The molecule has 1 rings (SSSR count). The van der Waals surface area contributed by atoms with E-state index >= 15 is 0 Å². The lowest BCUT2D eigenvalue weighted by Gasteiger charge is -2.01. The van der Waals surface area contributed by atoms with Gasteiger partial charge < -0.3 is 4.74 Å². The monoisotopic (exact) mass is 218 g/mol. The van der Waals surface area contributed by atoms with Crippen molar-refractivity contribution in [3.8, 4) is 5.75 Å². The van der Waals surface area contributed by atoms with Gasteiger partial charge in [-0.1, -0.05) is 12.1 Å². The van der Waals surface area contributed by atoms with Gasteiger partial charge in [0.05, 0.1) is 0 Å². The van der Waals surface area contributed by atoms with E-state index in [-0.39, 0.29) is 11.8 Å². The zero-order chi connectivity index (χ0) is 12.1. The van der Waals surface area contributed by atoms with Gasteiger partial charge in [-0.3, -0.25) is 9.59 Å². The number of carbonyl (C=O) groups is 2. The Labute approximate surface area is 94.7 Å². The van der Waals surface area contributed by atoms with Crippen LogP contribution in [-0.2, 0) is 9.59 Å². The summed E-state index contributed by atoms with van der Waals surface area (Å²) in [7, 11) is 0. The molecule has 84 valence electrons. The molecule has 0 fully saturated rings. The van der Waals surface area contributed by atoms with Gasteiger partial charge in [-0.05, 0) is 43.2 Å². The van der Waals surface area contributed by atoms with Gasteiger partial charge in [0, 0.05) is 6.92 Å². The second-order valence-corrected chi connectivity index (χ2v) is 3.55. The Balaban J connectivity index is 2.83. The third-order valence-electron chi connectivity index (χ3n) is 2.08. The fraction of sp³-hybridized carbons (Fsp3) is 0.231. The van der Waals surface area contributed by atoms with Crippen LogP contribution in [0, 0.1) is 0 Å². The minimum atomic E-state index is -0.344. The molecule has 1 aromatic rings. The Morgan fingerprint density at radius 2 is 1.62 bits per heavy atom. The zero-order valence-electron chi connectivity index (χ0n) is 9.61. The van der Waals surface area contributed by atoms with E-state index < -0.39 is 0 Å². The molecule has 0 atom stereocenters. The largest absolute Gasteiger partial charge is 0.427 e. The average Bonchev–Trinajstić information content (AvgIpc) is 2.20. The molecule has 0 aliphatic carbocycles. The van der Waals surface area contributed by atoms with Gasteiger partial charge >= 0.3 is 5.97 Å². The van der Waals surface area contributed by atoms with Gasteiger partial charge in [0.1, 0.15) is 5.75 Å². The van der Waals surface area contributed by atoms with E-state index in [2.05, 4.69) is 0 Å². The molecule has 0 radical (unpaired) electrons. The first kappa shape index (κ1) is 12.2. The van der Waals surface area contributed by atoms with Crippen LogP contribution in [0.4, 0.5) is 0 Å². The zero-order valence-corrected chi connectivity index (χ0v) is 9.61. The SMILES string of the molecule is CC(=O)Oc1ccc(/C=C(/C)C(C)=O)cc1. The quantitative estimate of drug-likeness (QED) is 0.445. The van der Waals surface area contributed by atoms with Crippen LogP contribution in [0.2, 0.25) is 0 Å². The van der Waals surface area contributed by atoms with Crippen LogP contribution in [0.25, 0.3) is 6.08 Å². The summed E-state index contributed by atoms with van der Waals surface area (Å²) >= 11 is 0. The van der Waals surface area contributed by atoms with Gasteiger partial charge in [0.15, 0.2) is 5.78 Å². The van der Waals surface area contributed by atoms with Crippen molar-refractivity contribution in [2.45, 2.75) is 20.8 Å². The molecule has 0 spiro atoms. The topological polar surface area (TPSA) is 43.4 Å². The molecule has 0 heterocycles. The van der Waals surface area contributed by atoms with E-state index in [0.29, 0.717) is 11.3 Å². The van der Waals surface area contributed by atoms with Crippen molar-refractivity contribution in [3.63, 3.8) is 0 Å². The highest BCUT2D eigenvalue weighted by molar-refractivity contribution is 5.97. The fourth-order valence-corrected chi connectivity index (χ4v) is 1.15. The van der Waals surface area contributed by atoms with Gasteiger partial charge in [-0.15, -0.1) is 0 Å². The van der Waals surface area contributed by atoms with Crippen LogP contribution in [0.3, 0.4) is 0 Å². The Morgan fingerprint density at radius 1 is 1.06 bits per heavy atom. The van der Waals surface area contributed by atoms with Crippen molar-refractivity contribution in [2.24, 2.45) is 0 Å². The van der Waals surface area contributed by atoms with Crippen LogP contribution in [0.5, 0.6) is 5.75 Å². The Bertz CT molecular complexity index is 427. The number of hydrogen-bond acceptors (Lipinski definition) is 3. The minimum absolute atomic E-state index is 0.0454. The van der Waals surface area contributed by atoms with Crippen LogP contribution < -0.4 is 4.74 Å². The number of allylic oxidation sites excluding steroid dienone is 1. The fourth-order valence-electron chi connectivity index (χ4n) is 1.15. The average molecular weight is 218 g/mol. The molecule has 0 aromatic heterocycles. The Morgan fingerprint density at radius 3 is 2.06 bits per heavy atom. The maximum absolute atomic E-state index is 11.0. The number of esters is 1. The lowest BCUT2D eigenvalue weighted by molar-refractivity contribution is -0.131. The molecular weight excluding hydrogens is 204 g/mol. The number of hydrogen-bond donors (Lipinski definition) is 0. The normalized spacial score (nSPS) is 11.1. The van der Waals surface area contributed by atoms with Crippen LogP contribution >= 0.6 is 0 Å². The number of rotatable bonds is 3. The molecule has 0 unspecified atom stereocenters. The molecule has 0 aliphatic rings. The number of ether oxygens (including phenoxy) is 1. The van der Waals surface area contributed by atoms with Gasteiger partial charge in [-0.25, -0.2) is 0 Å². The summed E-state index contributed by atoms with van der Waals surface area (Å²) in [6.45, 7) is 4.65. The predicted octanol–water partition coefficient (Wildman–Crippen LogP) is 2.60. The van der Waals surface area contributed by atoms with Crippen molar-refractivity contribution in [1.82, 2.24) is 0 Å². The highest BCUT2D eigenvalue weighted by Gasteiger charge is 1.99. The predicted molar refractivity (Wildman–Crippen MR) is 62.1 cm³/mol. The van der Waals surface area contributed by atoms with Crippen molar-refractivity contribution in [1.29, 1.82) is 0 Å². The Hall–Kier alpha value is -1.90. The second kappa shape index (κ2) is 5.26. The summed E-state index contributed by atoms with van der Waals surface area (Å²) in [6, 6.07) is 6.98.